The minimum atomic E-state index is -0.168. The second-order valence-electron chi connectivity index (χ2n) is 5.08. The van der Waals surface area contributed by atoms with Gasteiger partial charge in [0.25, 0.3) is 5.91 Å². The summed E-state index contributed by atoms with van der Waals surface area (Å²) in [5.74, 6) is -0.0384. The minimum Gasteiger partial charge on any atom is -0.368 e. The molecule has 110 valence electrons. The zero-order valence-corrected chi connectivity index (χ0v) is 12.7. The Morgan fingerprint density at radius 2 is 1.81 bits per heavy atom. The normalized spacial score (nSPS) is 15.3. The molecule has 5 nitrogen and oxygen atoms in total. The van der Waals surface area contributed by atoms with Crippen molar-refractivity contribution in [2.24, 2.45) is 0 Å². The quantitative estimate of drug-likeness (QED) is 0.919. The molecule has 1 aliphatic rings. The Labute approximate surface area is 126 Å². The van der Waals surface area contributed by atoms with E-state index in [9.17, 15) is 9.59 Å². The maximum absolute atomic E-state index is 12.4. The monoisotopic (exact) mass is 303 g/mol. The highest BCUT2D eigenvalue weighted by atomic mass is 32.1. The number of hydrogen-bond acceptors (Lipinski definition) is 4. The van der Waals surface area contributed by atoms with Crippen LogP contribution in [-0.4, -0.2) is 42.0 Å². The van der Waals surface area contributed by atoms with Crippen LogP contribution < -0.4 is 9.77 Å². The number of H-pyrrole nitrogens is 1. The van der Waals surface area contributed by atoms with Gasteiger partial charge in [0.05, 0.1) is 0 Å². The van der Waals surface area contributed by atoms with Gasteiger partial charge in [-0.05, 0) is 19.1 Å². The van der Waals surface area contributed by atoms with Crippen LogP contribution in [0.15, 0.2) is 35.1 Å². The van der Waals surface area contributed by atoms with Crippen molar-refractivity contribution in [3.05, 3.63) is 50.6 Å². The van der Waals surface area contributed by atoms with Gasteiger partial charge in [0, 0.05) is 37.6 Å². The van der Waals surface area contributed by atoms with E-state index >= 15 is 0 Å². The van der Waals surface area contributed by atoms with Crippen molar-refractivity contribution in [3.8, 4) is 0 Å². The number of aryl methyl sites for hydroxylation is 1. The molecule has 6 heteroatoms. The lowest BCUT2D eigenvalue weighted by Crippen LogP contribution is -2.48. The van der Waals surface area contributed by atoms with Crippen molar-refractivity contribution in [2.45, 2.75) is 6.92 Å². The zero-order chi connectivity index (χ0) is 14.8. The molecular formula is C15H17N3O2S. The van der Waals surface area contributed by atoms with Gasteiger partial charge in [-0.3, -0.25) is 9.59 Å². The number of aromatic amines is 1. The first-order chi connectivity index (χ1) is 10.1. The number of para-hydroxylation sites is 1. The van der Waals surface area contributed by atoms with Gasteiger partial charge < -0.3 is 14.8 Å². The van der Waals surface area contributed by atoms with E-state index in [0.29, 0.717) is 23.7 Å². The van der Waals surface area contributed by atoms with Gasteiger partial charge in [-0.15, -0.1) is 0 Å². The smallest absolute Gasteiger partial charge is 0.305 e. The fourth-order valence-electron chi connectivity index (χ4n) is 2.56. The van der Waals surface area contributed by atoms with E-state index in [0.717, 1.165) is 24.4 Å². The summed E-state index contributed by atoms with van der Waals surface area (Å²) >= 11 is 0.997. The maximum Gasteiger partial charge on any atom is 0.305 e. The summed E-state index contributed by atoms with van der Waals surface area (Å²) in [5, 5.41) is 0. The van der Waals surface area contributed by atoms with E-state index in [1.807, 2.05) is 23.1 Å². The molecule has 0 saturated carbocycles. The van der Waals surface area contributed by atoms with Gasteiger partial charge in [-0.25, -0.2) is 0 Å². The Balaban J connectivity index is 1.67. The Hall–Kier alpha value is -2.08. The Bertz CT molecular complexity index is 684. The molecule has 1 amide bonds. The Morgan fingerprint density at radius 1 is 1.14 bits per heavy atom. The number of amides is 1. The number of hydrogen-bond donors (Lipinski definition) is 1. The number of thiazole rings is 1. The van der Waals surface area contributed by atoms with Crippen LogP contribution in [0, 0.1) is 6.92 Å². The minimum absolute atomic E-state index is 0.0384. The first-order valence-electron chi connectivity index (χ1n) is 6.94. The van der Waals surface area contributed by atoms with Gasteiger partial charge in [0.15, 0.2) is 0 Å². The van der Waals surface area contributed by atoms with Crippen LogP contribution in [0.3, 0.4) is 0 Å². The number of anilines is 1. The molecule has 0 bridgehead atoms. The predicted octanol–water partition coefficient (Wildman–Crippen LogP) is 1.71. The van der Waals surface area contributed by atoms with Crippen LogP contribution in [0.4, 0.5) is 5.69 Å². The fourth-order valence-corrected chi connectivity index (χ4v) is 3.37. The summed E-state index contributed by atoms with van der Waals surface area (Å²) in [6.45, 7) is 4.76. The SMILES string of the molecule is Cc1[nH]c(=O)sc1C(=O)N1CCN(c2ccccc2)CC1. The molecule has 0 radical (unpaired) electrons. The summed E-state index contributed by atoms with van der Waals surface area (Å²) in [6.07, 6.45) is 0. The second-order valence-corrected chi connectivity index (χ2v) is 6.07. The molecule has 1 aromatic carbocycles. The number of aromatic nitrogens is 1. The van der Waals surface area contributed by atoms with Crippen LogP contribution in [-0.2, 0) is 0 Å². The van der Waals surface area contributed by atoms with Crippen LogP contribution in [0.5, 0.6) is 0 Å². The molecular weight excluding hydrogens is 286 g/mol. The van der Waals surface area contributed by atoms with E-state index in [1.165, 1.54) is 5.69 Å². The van der Waals surface area contributed by atoms with Crippen LogP contribution in [0.25, 0.3) is 0 Å². The van der Waals surface area contributed by atoms with Crippen molar-refractivity contribution in [2.75, 3.05) is 31.1 Å². The average Bonchev–Trinajstić information content (AvgIpc) is 2.86. The molecule has 0 atom stereocenters. The third kappa shape index (κ3) is 2.85. The van der Waals surface area contributed by atoms with Crippen molar-refractivity contribution in [1.82, 2.24) is 9.88 Å². The summed E-state index contributed by atoms with van der Waals surface area (Å²) in [7, 11) is 0. The highest BCUT2D eigenvalue weighted by Crippen LogP contribution is 2.18. The van der Waals surface area contributed by atoms with Crippen molar-refractivity contribution >= 4 is 22.9 Å². The van der Waals surface area contributed by atoms with Gasteiger partial charge in [0.1, 0.15) is 4.88 Å². The standard InChI is InChI=1S/C15H17N3O2S/c1-11-13(21-15(20)16-11)14(19)18-9-7-17(8-10-18)12-5-3-2-4-6-12/h2-6H,7-10H2,1H3,(H,16,20). The van der Waals surface area contributed by atoms with Crippen LogP contribution >= 0.6 is 11.3 Å². The summed E-state index contributed by atoms with van der Waals surface area (Å²) in [6, 6.07) is 10.2. The third-order valence-electron chi connectivity index (χ3n) is 3.71. The molecule has 1 fully saturated rings. The highest BCUT2D eigenvalue weighted by molar-refractivity contribution is 7.11. The molecule has 0 spiro atoms. The molecule has 1 N–H and O–H groups in total. The van der Waals surface area contributed by atoms with Crippen molar-refractivity contribution in [3.63, 3.8) is 0 Å². The molecule has 3 rings (SSSR count). The van der Waals surface area contributed by atoms with Crippen molar-refractivity contribution in [1.29, 1.82) is 0 Å². The first kappa shape index (κ1) is 13.9. The Morgan fingerprint density at radius 3 is 2.38 bits per heavy atom. The molecule has 1 aliphatic heterocycles. The Kier molecular flexibility index (Phi) is 3.79. The van der Waals surface area contributed by atoms with E-state index in [2.05, 4.69) is 22.0 Å². The summed E-state index contributed by atoms with van der Waals surface area (Å²) in [5.41, 5.74) is 1.85. The lowest BCUT2D eigenvalue weighted by Gasteiger charge is -2.36. The number of rotatable bonds is 2. The average molecular weight is 303 g/mol. The lowest BCUT2D eigenvalue weighted by atomic mass is 10.2. The number of benzene rings is 1. The predicted molar refractivity (Wildman–Crippen MR) is 84.2 cm³/mol. The van der Waals surface area contributed by atoms with E-state index < -0.39 is 0 Å². The highest BCUT2D eigenvalue weighted by Gasteiger charge is 2.24. The maximum atomic E-state index is 12.4. The topological polar surface area (TPSA) is 56.4 Å². The number of carbonyl (C=O) groups is 1. The molecule has 2 heterocycles. The van der Waals surface area contributed by atoms with Crippen LogP contribution in [0.1, 0.15) is 15.4 Å². The summed E-state index contributed by atoms with van der Waals surface area (Å²) < 4.78 is 0. The fraction of sp³-hybridized carbons (Fsp3) is 0.333. The van der Waals surface area contributed by atoms with E-state index in [4.69, 9.17) is 0 Å². The largest absolute Gasteiger partial charge is 0.368 e. The molecule has 1 aromatic heterocycles. The molecule has 2 aromatic rings. The zero-order valence-electron chi connectivity index (χ0n) is 11.8. The van der Waals surface area contributed by atoms with E-state index in [-0.39, 0.29) is 10.8 Å². The molecule has 0 aliphatic carbocycles. The van der Waals surface area contributed by atoms with Crippen LogP contribution in [0.2, 0.25) is 0 Å². The number of nitrogens with zero attached hydrogens (tertiary/aromatic N) is 2. The van der Waals surface area contributed by atoms with Crippen molar-refractivity contribution < 1.29 is 4.79 Å². The molecule has 0 unspecified atom stereocenters. The number of carbonyl (C=O) groups excluding carboxylic acids is 1. The van der Waals surface area contributed by atoms with Gasteiger partial charge in [-0.1, -0.05) is 29.5 Å². The van der Waals surface area contributed by atoms with Gasteiger partial charge >= 0.3 is 4.87 Å². The second kappa shape index (κ2) is 5.73. The molecule has 21 heavy (non-hydrogen) atoms. The first-order valence-corrected chi connectivity index (χ1v) is 7.76. The summed E-state index contributed by atoms with van der Waals surface area (Å²) in [4.78, 5) is 30.9. The van der Waals surface area contributed by atoms with E-state index in [1.54, 1.807) is 6.92 Å². The number of nitrogens with one attached hydrogen (secondary N) is 1. The third-order valence-corrected chi connectivity index (χ3v) is 4.68. The van der Waals surface area contributed by atoms with Gasteiger partial charge in [0.2, 0.25) is 0 Å². The number of piperazine rings is 1. The lowest BCUT2D eigenvalue weighted by molar-refractivity contribution is 0.0750. The van der Waals surface area contributed by atoms with Gasteiger partial charge in [-0.2, -0.15) is 0 Å². The molecule has 1 saturated heterocycles.